The van der Waals surface area contributed by atoms with E-state index in [1.807, 2.05) is 0 Å². The van der Waals surface area contributed by atoms with Gasteiger partial charge in [-0.2, -0.15) is 0 Å². The molecule has 2 heterocycles. The summed E-state index contributed by atoms with van der Waals surface area (Å²) in [5.74, 6) is -2.08. The first-order valence-electron chi connectivity index (χ1n) is 9.55. The first-order chi connectivity index (χ1) is 16.0. The van der Waals surface area contributed by atoms with E-state index in [1.54, 1.807) is 17.5 Å². The number of anilines is 1. The number of primary sulfonamides is 1. The van der Waals surface area contributed by atoms with Crippen molar-refractivity contribution in [2.45, 2.75) is 10.9 Å². The van der Waals surface area contributed by atoms with Gasteiger partial charge in [0.1, 0.15) is 11.8 Å². The number of sulfonamides is 1. The molecule has 1 fully saturated rings. The van der Waals surface area contributed by atoms with Gasteiger partial charge in [0.15, 0.2) is 5.75 Å². The highest BCUT2D eigenvalue weighted by Crippen LogP contribution is 2.45. The number of aliphatic hydroxyl groups is 1. The number of Topliss-reactive ketones (excluding diaryl/α,β-unsaturated/α-hetero) is 1. The van der Waals surface area contributed by atoms with Crippen molar-refractivity contribution in [3.05, 3.63) is 80.0 Å². The predicted octanol–water partition coefficient (Wildman–Crippen LogP) is 4.34. The molecule has 0 aliphatic carbocycles. The standard InChI is InChI=1S/C22H16Cl2N2O6S2/c1-32-21-14(23)9-11(10-15(21)24)19(27)17-18(16-3-2-8-33-16)26(22(29)20(17)28)12-4-6-13(7-5-12)34(25,30)31/h2-10,18,27H,1H3,(H2,25,30,31)/b19-17-. The molecule has 3 aromatic rings. The number of thiophene rings is 1. The molecule has 0 spiro atoms. The summed E-state index contributed by atoms with van der Waals surface area (Å²) in [4.78, 5) is 27.9. The second-order valence-corrected chi connectivity index (χ2v) is 10.6. The number of amides is 1. The van der Waals surface area contributed by atoms with E-state index in [-0.39, 0.29) is 37.5 Å². The Morgan fingerprint density at radius 1 is 1.12 bits per heavy atom. The van der Waals surface area contributed by atoms with Crippen LogP contribution < -0.4 is 14.8 Å². The minimum Gasteiger partial charge on any atom is -0.507 e. The van der Waals surface area contributed by atoms with Crippen molar-refractivity contribution >= 4 is 67.7 Å². The fourth-order valence-electron chi connectivity index (χ4n) is 3.66. The molecule has 1 aliphatic heterocycles. The number of methoxy groups -OCH3 is 1. The topological polar surface area (TPSA) is 127 Å². The summed E-state index contributed by atoms with van der Waals surface area (Å²) in [7, 11) is -2.57. The van der Waals surface area contributed by atoms with E-state index in [0.717, 1.165) is 0 Å². The number of nitrogens with zero attached hydrogens (tertiary/aromatic N) is 1. The number of ketones is 1. The van der Waals surface area contributed by atoms with Gasteiger partial charge >= 0.3 is 0 Å². The average molecular weight is 539 g/mol. The van der Waals surface area contributed by atoms with E-state index in [2.05, 4.69) is 0 Å². The number of carbonyl (C=O) groups excluding carboxylic acids is 2. The van der Waals surface area contributed by atoms with Crippen LogP contribution >= 0.6 is 34.5 Å². The Kier molecular flexibility index (Phi) is 6.45. The van der Waals surface area contributed by atoms with Gasteiger partial charge in [-0.1, -0.05) is 29.3 Å². The van der Waals surface area contributed by atoms with Gasteiger partial charge in [0.05, 0.1) is 27.6 Å². The SMILES string of the molecule is COc1c(Cl)cc(/C(O)=C2/C(=O)C(=O)N(c3ccc(S(N)(=O)=O)cc3)C2c2cccs2)cc1Cl. The number of hydrogen-bond acceptors (Lipinski definition) is 7. The summed E-state index contributed by atoms with van der Waals surface area (Å²) in [5, 5.41) is 18.3. The van der Waals surface area contributed by atoms with Crippen molar-refractivity contribution in [2.24, 2.45) is 5.14 Å². The van der Waals surface area contributed by atoms with Crippen LogP contribution in [0.4, 0.5) is 5.69 Å². The zero-order chi connectivity index (χ0) is 24.8. The Bertz CT molecular complexity index is 1410. The molecule has 1 amide bonds. The molecular formula is C22H16Cl2N2O6S2. The zero-order valence-corrected chi connectivity index (χ0v) is 20.5. The van der Waals surface area contributed by atoms with E-state index >= 15 is 0 Å². The summed E-state index contributed by atoms with van der Waals surface area (Å²) < 4.78 is 28.3. The molecule has 1 aromatic heterocycles. The van der Waals surface area contributed by atoms with Gasteiger partial charge in [-0.3, -0.25) is 14.5 Å². The quantitative estimate of drug-likeness (QED) is 0.282. The van der Waals surface area contributed by atoms with E-state index in [9.17, 15) is 23.1 Å². The van der Waals surface area contributed by atoms with Crippen LogP contribution in [-0.2, 0) is 19.6 Å². The van der Waals surface area contributed by atoms with Crippen LogP contribution in [0.2, 0.25) is 10.0 Å². The molecule has 176 valence electrons. The van der Waals surface area contributed by atoms with Crippen molar-refractivity contribution in [1.29, 1.82) is 0 Å². The molecule has 0 radical (unpaired) electrons. The maximum absolute atomic E-state index is 13.1. The van der Waals surface area contributed by atoms with Gasteiger partial charge in [0.2, 0.25) is 10.0 Å². The Morgan fingerprint density at radius 2 is 1.74 bits per heavy atom. The summed E-state index contributed by atoms with van der Waals surface area (Å²) in [6.45, 7) is 0. The molecule has 1 saturated heterocycles. The van der Waals surface area contributed by atoms with Crippen molar-refractivity contribution < 1.29 is 27.9 Å². The number of rotatable bonds is 5. The van der Waals surface area contributed by atoms with Crippen LogP contribution in [0.1, 0.15) is 16.5 Å². The molecule has 4 rings (SSSR count). The Balaban J connectivity index is 1.90. The van der Waals surface area contributed by atoms with Crippen LogP contribution in [0.3, 0.4) is 0 Å². The summed E-state index contributed by atoms with van der Waals surface area (Å²) in [6, 6.07) is 10.4. The van der Waals surface area contributed by atoms with Crippen molar-refractivity contribution in [3.8, 4) is 5.75 Å². The van der Waals surface area contributed by atoms with Gasteiger partial charge in [0, 0.05) is 16.1 Å². The molecule has 8 nitrogen and oxygen atoms in total. The maximum atomic E-state index is 13.1. The third-order valence-electron chi connectivity index (χ3n) is 5.18. The number of ether oxygens (including phenoxy) is 1. The number of carbonyl (C=O) groups is 2. The monoisotopic (exact) mass is 538 g/mol. The average Bonchev–Trinajstić information content (AvgIpc) is 3.39. The molecule has 1 aliphatic rings. The smallest absolute Gasteiger partial charge is 0.300 e. The van der Waals surface area contributed by atoms with E-state index in [1.165, 1.54) is 59.7 Å². The molecular weight excluding hydrogens is 523 g/mol. The number of benzene rings is 2. The molecule has 0 saturated carbocycles. The first kappa shape index (κ1) is 24.2. The van der Waals surface area contributed by atoms with Crippen molar-refractivity contribution in [1.82, 2.24) is 0 Å². The lowest BCUT2D eigenvalue weighted by Gasteiger charge is -2.24. The molecule has 3 N–H and O–H groups in total. The molecule has 34 heavy (non-hydrogen) atoms. The van der Waals surface area contributed by atoms with Gasteiger partial charge in [-0.05, 0) is 47.8 Å². The van der Waals surface area contributed by atoms with E-state index in [4.69, 9.17) is 33.1 Å². The second-order valence-electron chi connectivity index (χ2n) is 7.20. The Hall–Kier alpha value is -2.89. The largest absolute Gasteiger partial charge is 0.507 e. The van der Waals surface area contributed by atoms with Gasteiger partial charge in [-0.25, -0.2) is 13.6 Å². The molecule has 0 bridgehead atoms. The predicted molar refractivity (Wildman–Crippen MR) is 130 cm³/mol. The fourth-order valence-corrected chi connectivity index (χ4v) is 5.64. The lowest BCUT2D eigenvalue weighted by molar-refractivity contribution is -0.132. The normalized spacial score (nSPS) is 17.9. The summed E-state index contributed by atoms with van der Waals surface area (Å²) in [5.41, 5.74) is 0.206. The summed E-state index contributed by atoms with van der Waals surface area (Å²) >= 11 is 13.7. The number of halogens is 2. The first-order valence-corrected chi connectivity index (χ1v) is 12.7. The van der Waals surface area contributed by atoms with E-state index in [0.29, 0.717) is 4.88 Å². The Labute approximate surface area is 208 Å². The van der Waals surface area contributed by atoms with Gasteiger partial charge < -0.3 is 9.84 Å². The van der Waals surface area contributed by atoms with Crippen molar-refractivity contribution in [3.63, 3.8) is 0 Å². The molecule has 1 atom stereocenters. The van der Waals surface area contributed by atoms with Crippen LogP contribution in [-0.4, -0.2) is 32.3 Å². The highest BCUT2D eigenvalue weighted by Gasteiger charge is 2.47. The molecule has 12 heteroatoms. The zero-order valence-electron chi connectivity index (χ0n) is 17.4. The minimum absolute atomic E-state index is 0.108. The number of nitrogens with two attached hydrogens (primary N) is 1. The third kappa shape index (κ3) is 4.19. The highest BCUT2D eigenvalue weighted by molar-refractivity contribution is 7.89. The lowest BCUT2D eigenvalue weighted by Crippen LogP contribution is -2.29. The van der Waals surface area contributed by atoms with Gasteiger partial charge in [-0.15, -0.1) is 11.3 Å². The fraction of sp³-hybridized carbons (Fsp3) is 0.0909. The van der Waals surface area contributed by atoms with Crippen LogP contribution in [0.25, 0.3) is 5.76 Å². The minimum atomic E-state index is -3.95. The number of hydrogen-bond donors (Lipinski definition) is 2. The molecule has 1 unspecified atom stereocenters. The van der Waals surface area contributed by atoms with Crippen LogP contribution in [0.15, 0.2) is 64.4 Å². The maximum Gasteiger partial charge on any atom is 0.300 e. The Morgan fingerprint density at radius 3 is 2.24 bits per heavy atom. The summed E-state index contributed by atoms with van der Waals surface area (Å²) in [6.07, 6.45) is 0. The third-order valence-corrected chi connectivity index (χ3v) is 7.59. The van der Waals surface area contributed by atoms with Gasteiger partial charge in [0.25, 0.3) is 11.7 Å². The lowest BCUT2D eigenvalue weighted by atomic mass is 9.99. The second kappa shape index (κ2) is 9.05. The number of aliphatic hydroxyl groups excluding tert-OH is 1. The van der Waals surface area contributed by atoms with Crippen LogP contribution in [0.5, 0.6) is 5.75 Å². The van der Waals surface area contributed by atoms with E-state index < -0.39 is 33.5 Å². The van der Waals surface area contributed by atoms with Crippen molar-refractivity contribution in [2.75, 3.05) is 12.0 Å². The van der Waals surface area contributed by atoms with Crippen LogP contribution in [0, 0.1) is 0 Å². The molecule has 2 aromatic carbocycles. The highest BCUT2D eigenvalue weighted by atomic mass is 35.5.